The minimum absolute atomic E-state index is 0.0776. The molecule has 4 heteroatoms. The van der Waals surface area contributed by atoms with Crippen LogP contribution in [0.25, 0.3) is 0 Å². The Balaban J connectivity index is 2.55. The summed E-state index contributed by atoms with van der Waals surface area (Å²) in [6.45, 7) is 10.5. The van der Waals surface area contributed by atoms with Crippen LogP contribution in [0.4, 0.5) is 4.79 Å². The minimum atomic E-state index is -0.668. The molecular formula is C12H23NO3. The number of hydrogen-bond donors (Lipinski definition) is 1. The Morgan fingerprint density at radius 1 is 1.50 bits per heavy atom. The Bertz CT molecular complexity index is 268. The zero-order chi connectivity index (χ0) is 12.6. The third-order valence-electron chi connectivity index (χ3n) is 3.10. The van der Waals surface area contributed by atoms with Crippen LogP contribution in [-0.4, -0.2) is 40.4 Å². The van der Waals surface area contributed by atoms with Crippen molar-refractivity contribution < 1.29 is 14.6 Å². The molecule has 0 radical (unpaired) electrons. The van der Waals surface area contributed by atoms with Crippen molar-refractivity contribution in [3.63, 3.8) is 0 Å². The summed E-state index contributed by atoms with van der Waals surface area (Å²) in [5, 5.41) is 10.00. The molecular weight excluding hydrogens is 206 g/mol. The highest BCUT2D eigenvalue weighted by Crippen LogP contribution is 2.27. The second-order valence-electron chi connectivity index (χ2n) is 5.93. The fourth-order valence-corrected chi connectivity index (χ4v) is 1.72. The summed E-state index contributed by atoms with van der Waals surface area (Å²) in [5.41, 5.74) is -1.13. The number of aliphatic hydroxyl groups is 1. The Morgan fingerprint density at radius 3 is 2.50 bits per heavy atom. The monoisotopic (exact) mass is 229 g/mol. The van der Waals surface area contributed by atoms with Gasteiger partial charge in [0.15, 0.2) is 0 Å². The van der Waals surface area contributed by atoms with Crippen LogP contribution in [0.15, 0.2) is 0 Å². The molecule has 1 N–H and O–H groups in total. The van der Waals surface area contributed by atoms with Gasteiger partial charge in [-0.05, 0) is 34.1 Å². The summed E-state index contributed by atoms with van der Waals surface area (Å²) < 4.78 is 5.30. The maximum atomic E-state index is 11.8. The Morgan fingerprint density at radius 2 is 2.06 bits per heavy atom. The van der Waals surface area contributed by atoms with E-state index in [0.717, 1.165) is 0 Å². The van der Waals surface area contributed by atoms with Gasteiger partial charge in [-0.15, -0.1) is 0 Å². The van der Waals surface area contributed by atoms with E-state index >= 15 is 0 Å². The van der Waals surface area contributed by atoms with Gasteiger partial charge in [0.05, 0.1) is 5.60 Å². The lowest BCUT2D eigenvalue weighted by molar-refractivity contribution is -0.0557. The zero-order valence-corrected chi connectivity index (χ0v) is 10.9. The third-order valence-corrected chi connectivity index (χ3v) is 3.10. The van der Waals surface area contributed by atoms with Crippen LogP contribution in [0.5, 0.6) is 0 Å². The van der Waals surface area contributed by atoms with Crippen LogP contribution >= 0.6 is 0 Å². The van der Waals surface area contributed by atoms with E-state index in [1.54, 1.807) is 4.90 Å². The van der Waals surface area contributed by atoms with Crippen LogP contribution in [-0.2, 0) is 4.74 Å². The Hall–Kier alpha value is -0.770. The van der Waals surface area contributed by atoms with E-state index in [4.69, 9.17) is 4.74 Å². The van der Waals surface area contributed by atoms with Crippen molar-refractivity contribution in [2.45, 2.75) is 52.2 Å². The van der Waals surface area contributed by atoms with Gasteiger partial charge in [-0.3, -0.25) is 0 Å². The van der Waals surface area contributed by atoms with Crippen LogP contribution in [0.2, 0.25) is 0 Å². The maximum Gasteiger partial charge on any atom is 0.410 e. The number of nitrogens with zero attached hydrogens (tertiary/aromatic N) is 1. The first kappa shape index (κ1) is 13.3. The summed E-state index contributed by atoms with van der Waals surface area (Å²) in [7, 11) is 0. The summed E-state index contributed by atoms with van der Waals surface area (Å²) in [5.74, 6) is 0.0776. The van der Waals surface area contributed by atoms with E-state index in [9.17, 15) is 9.90 Å². The third kappa shape index (κ3) is 3.37. The van der Waals surface area contributed by atoms with Gasteiger partial charge in [0.1, 0.15) is 5.60 Å². The van der Waals surface area contributed by atoms with E-state index in [1.165, 1.54) is 0 Å². The highest BCUT2D eigenvalue weighted by molar-refractivity contribution is 5.68. The highest BCUT2D eigenvalue weighted by Gasteiger charge is 2.37. The number of amides is 1. The average Bonchev–Trinajstić information content (AvgIpc) is 2.06. The lowest BCUT2D eigenvalue weighted by Crippen LogP contribution is -2.51. The highest BCUT2D eigenvalue weighted by atomic mass is 16.6. The van der Waals surface area contributed by atoms with Crippen molar-refractivity contribution in [3.05, 3.63) is 0 Å². The van der Waals surface area contributed by atoms with Gasteiger partial charge >= 0.3 is 6.09 Å². The maximum absolute atomic E-state index is 11.8. The Labute approximate surface area is 97.6 Å². The molecule has 1 amide bonds. The number of ether oxygens (including phenoxy) is 1. The van der Waals surface area contributed by atoms with Crippen molar-refractivity contribution in [1.29, 1.82) is 0 Å². The van der Waals surface area contributed by atoms with E-state index in [-0.39, 0.29) is 12.0 Å². The molecule has 0 bridgehead atoms. The molecule has 0 spiro atoms. The predicted octanol–water partition coefficient (Wildman–Crippen LogP) is 2.01. The van der Waals surface area contributed by atoms with Crippen LogP contribution in [0.1, 0.15) is 41.0 Å². The molecule has 0 aliphatic carbocycles. The van der Waals surface area contributed by atoms with Gasteiger partial charge in [-0.1, -0.05) is 6.92 Å². The van der Waals surface area contributed by atoms with Crippen molar-refractivity contribution in [1.82, 2.24) is 4.90 Å². The molecule has 2 atom stereocenters. The second-order valence-corrected chi connectivity index (χ2v) is 5.93. The fourth-order valence-electron chi connectivity index (χ4n) is 1.72. The summed E-state index contributed by atoms with van der Waals surface area (Å²) >= 11 is 0. The number of carbonyl (C=O) groups excluding carboxylic acids is 1. The average molecular weight is 229 g/mol. The number of likely N-dealkylation sites (tertiary alicyclic amines) is 1. The molecule has 1 saturated heterocycles. The normalized spacial score (nSPS) is 31.4. The molecule has 0 aromatic rings. The second kappa shape index (κ2) is 4.24. The van der Waals surface area contributed by atoms with Gasteiger partial charge in [0.2, 0.25) is 0 Å². The van der Waals surface area contributed by atoms with Gasteiger partial charge < -0.3 is 14.7 Å². The molecule has 94 valence electrons. The van der Waals surface area contributed by atoms with E-state index in [1.807, 2.05) is 34.6 Å². The summed E-state index contributed by atoms with van der Waals surface area (Å²) in [6, 6.07) is 0. The number of hydrogen-bond acceptors (Lipinski definition) is 3. The molecule has 0 aromatic carbocycles. The summed E-state index contributed by atoms with van der Waals surface area (Å²) in [4.78, 5) is 13.5. The molecule has 1 heterocycles. The molecule has 1 rings (SSSR count). The first-order chi connectivity index (χ1) is 7.12. The topological polar surface area (TPSA) is 49.8 Å². The number of piperidine rings is 1. The summed E-state index contributed by atoms with van der Waals surface area (Å²) in [6.07, 6.45) is 0.322. The minimum Gasteiger partial charge on any atom is -0.444 e. The molecule has 1 aliphatic rings. The number of carbonyl (C=O) groups is 1. The predicted molar refractivity (Wildman–Crippen MR) is 62.2 cm³/mol. The van der Waals surface area contributed by atoms with Gasteiger partial charge in [-0.2, -0.15) is 0 Å². The molecule has 0 aromatic heterocycles. The molecule has 1 unspecified atom stereocenters. The fraction of sp³-hybridized carbons (Fsp3) is 0.917. The molecule has 1 aliphatic heterocycles. The zero-order valence-electron chi connectivity index (χ0n) is 10.9. The van der Waals surface area contributed by atoms with Crippen LogP contribution < -0.4 is 0 Å². The quantitative estimate of drug-likeness (QED) is 0.691. The van der Waals surface area contributed by atoms with E-state index in [0.29, 0.717) is 19.5 Å². The van der Waals surface area contributed by atoms with Crippen molar-refractivity contribution in [3.8, 4) is 0 Å². The Kier molecular flexibility index (Phi) is 3.53. The molecule has 1 fully saturated rings. The first-order valence-electron chi connectivity index (χ1n) is 5.82. The van der Waals surface area contributed by atoms with Crippen molar-refractivity contribution in [2.24, 2.45) is 5.92 Å². The standard InChI is InChI=1S/C12H23NO3/c1-9-8-13(7-6-12(9,5)15)10(14)16-11(2,3)4/h9,15H,6-8H2,1-5H3/t9-,12?/m1/s1. The lowest BCUT2D eigenvalue weighted by atomic mass is 9.84. The van der Waals surface area contributed by atoms with Crippen LogP contribution in [0.3, 0.4) is 0 Å². The van der Waals surface area contributed by atoms with E-state index < -0.39 is 11.2 Å². The SMILES string of the molecule is C[C@@H]1CN(C(=O)OC(C)(C)C)CCC1(C)O. The van der Waals surface area contributed by atoms with Crippen molar-refractivity contribution >= 4 is 6.09 Å². The largest absolute Gasteiger partial charge is 0.444 e. The number of rotatable bonds is 0. The smallest absolute Gasteiger partial charge is 0.410 e. The molecule has 16 heavy (non-hydrogen) atoms. The van der Waals surface area contributed by atoms with Crippen molar-refractivity contribution in [2.75, 3.05) is 13.1 Å². The first-order valence-corrected chi connectivity index (χ1v) is 5.82. The lowest BCUT2D eigenvalue weighted by Gasteiger charge is -2.41. The van der Waals surface area contributed by atoms with Crippen LogP contribution in [0, 0.1) is 5.92 Å². The molecule has 4 nitrogen and oxygen atoms in total. The van der Waals surface area contributed by atoms with Gasteiger partial charge in [0, 0.05) is 19.0 Å². The van der Waals surface area contributed by atoms with E-state index in [2.05, 4.69) is 0 Å². The van der Waals surface area contributed by atoms with Gasteiger partial charge in [0.25, 0.3) is 0 Å². The van der Waals surface area contributed by atoms with Gasteiger partial charge in [-0.25, -0.2) is 4.79 Å². The molecule has 0 saturated carbocycles.